The molecule has 0 bridgehead atoms. The van der Waals surface area contributed by atoms with Crippen molar-refractivity contribution in [3.8, 4) is 5.75 Å². The monoisotopic (exact) mass is 365 g/mol. The van der Waals surface area contributed by atoms with Crippen LogP contribution in [0.3, 0.4) is 0 Å². The van der Waals surface area contributed by atoms with Gasteiger partial charge in [0, 0.05) is 31.2 Å². The smallest absolute Gasteiger partial charge is 0.262 e. The highest BCUT2D eigenvalue weighted by Gasteiger charge is 2.22. The quantitative estimate of drug-likeness (QED) is 0.871. The summed E-state index contributed by atoms with van der Waals surface area (Å²) in [5.74, 6) is 0.210. The van der Waals surface area contributed by atoms with E-state index in [1.807, 2.05) is 0 Å². The molecule has 2 amide bonds. The van der Waals surface area contributed by atoms with E-state index in [0.717, 1.165) is 19.5 Å². The van der Waals surface area contributed by atoms with Crippen molar-refractivity contribution in [2.24, 2.45) is 0 Å². The van der Waals surface area contributed by atoms with Crippen LogP contribution in [0.15, 0.2) is 42.5 Å². The van der Waals surface area contributed by atoms with Crippen molar-refractivity contribution in [3.63, 3.8) is 0 Å². The first-order valence-electron chi connectivity index (χ1n) is 9.26. The fraction of sp³-hybridized carbons (Fsp3) is 0.333. The number of amides is 2. The summed E-state index contributed by atoms with van der Waals surface area (Å²) >= 11 is 0. The van der Waals surface area contributed by atoms with Crippen molar-refractivity contribution in [1.82, 2.24) is 10.2 Å². The van der Waals surface area contributed by atoms with Gasteiger partial charge >= 0.3 is 0 Å². The number of rotatable bonds is 4. The molecule has 2 heterocycles. The molecule has 0 fully saturated rings. The van der Waals surface area contributed by atoms with E-state index in [-0.39, 0.29) is 24.5 Å². The van der Waals surface area contributed by atoms with Crippen molar-refractivity contribution in [3.05, 3.63) is 59.2 Å². The average Bonchev–Trinajstić information content (AvgIpc) is 2.71. The van der Waals surface area contributed by atoms with Crippen LogP contribution in [0.1, 0.15) is 28.4 Å². The van der Waals surface area contributed by atoms with Gasteiger partial charge in [0.15, 0.2) is 6.61 Å². The summed E-state index contributed by atoms with van der Waals surface area (Å²) in [7, 11) is 0. The molecule has 1 unspecified atom stereocenters. The van der Waals surface area contributed by atoms with Crippen LogP contribution in [-0.2, 0) is 17.8 Å². The topological polar surface area (TPSA) is 70.7 Å². The molecule has 2 aromatic carbocycles. The molecule has 0 radical (unpaired) electrons. The molecule has 0 aliphatic carbocycles. The van der Waals surface area contributed by atoms with Gasteiger partial charge in [-0.05, 0) is 42.7 Å². The Balaban J connectivity index is 1.35. The van der Waals surface area contributed by atoms with Crippen LogP contribution in [0.2, 0.25) is 0 Å². The van der Waals surface area contributed by atoms with Crippen molar-refractivity contribution in [1.29, 1.82) is 0 Å². The number of hydrogen-bond acceptors (Lipinski definition) is 4. The van der Waals surface area contributed by atoms with Crippen LogP contribution < -0.4 is 15.4 Å². The largest absolute Gasteiger partial charge is 0.482 e. The molecule has 0 aromatic heterocycles. The molecule has 0 spiro atoms. The highest BCUT2D eigenvalue weighted by Crippen LogP contribution is 2.28. The maximum atomic E-state index is 12.5. The van der Waals surface area contributed by atoms with E-state index < -0.39 is 0 Å². The second-order valence-corrected chi connectivity index (χ2v) is 7.10. The Morgan fingerprint density at radius 2 is 2.07 bits per heavy atom. The Labute approximate surface area is 158 Å². The third kappa shape index (κ3) is 3.80. The van der Waals surface area contributed by atoms with Gasteiger partial charge in [-0.15, -0.1) is 0 Å². The second-order valence-electron chi connectivity index (χ2n) is 7.10. The Hall–Kier alpha value is -2.86. The van der Waals surface area contributed by atoms with Gasteiger partial charge in [-0.1, -0.05) is 24.3 Å². The maximum Gasteiger partial charge on any atom is 0.262 e. The van der Waals surface area contributed by atoms with Crippen LogP contribution in [-0.4, -0.2) is 42.5 Å². The van der Waals surface area contributed by atoms with Gasteiger partial charge in [0.1, 0.15) is 5.75 Å². The number of carbonyl (C=O) groups excluding carboxylic acids is 2. The number of carbonyl (C=O) groups is 2. The van der Waals surface area contributed by atoms with Gasteiger partial charge in [0.2, 0.25) is 0 Å². The first kappa shape index (κ1) is 17.5. The summed E-state index contributed by atoms with van der Waals surface area (Å²) in [6.07, 6.45) is 1.04. The second kappa shape index (κ2) is 7.40. The fourth-order valence-electron chi connectivity index (χ4n) is 3.58. The van der Waals surface area contributed by atoms with Gasteiger partial charge in [-0.3, -0.25) is 14.5 Å². The molecule has 140 valence electrons. The maximum absolute atomic E-state index is 12.5. The molecule has 0 saturated carbocycles. The molecule has 27 heavy (non-hydrogen) atoms. The first-order chi connectivity index (χ1) is 13.1. The van der Waals surface area contributed by atoms with Crippen LogP contribution in [0.25, 0.3) is 0 Å². The highest BCUT2D eigenvalue weighted by atomic mass is 16.5. The van der Waals surface area contributed by atoms with Gasteiger partial charge in [0.05, 0.1) is 5.69 Å². The van der Waals surface area contributed by atoms with Crippen LogP contribution in [0.4, 0.5) is 5.69 Å². The molecule has 2 aliphatic rings. The lowest BCUT2D eigenvalue weighted by Crippen LogP contribution is -2.44. The van der Waals surface area contributed by atoms with Crippen LogP contribution >= 0.6 is 0 Å². The third-order valence-electron chi connectivity index (χ3n) is 5.22. The fourth-order valence-corrected chi connectivity index (χ4v) is 3.58. The van der Waals surface area contributed by atoms with E-state index in [1.54, 1.807) is 18.2 Å². The molecular formula is C21H23N3O3. The van der Waals surface area contributed by atoms with Crippen molar-refractivity contribution < 1.29 is 14.3 Å². The van der Waals surface area contributed by atoms with Crippen molar-refractivity contribution in [2.45, 2.75) is 25.9 Å². The summed E-state index contributed by atoms with van der Waals surface area (Å²) in [6, 6.07) is 13.9. The van der Waals surface area contributed by atoms with Gasteiger partial charge < -0.3 is 15.4 Å². The van der Waals surface area contributed by atoms with Gasteiger partial charge in [-0.2, -0.15) is 0 Å². The predicted octanol–water partition coefficient (Wildman–Crippen LogP) is 2.19. The van der Waals surface area contributed by atoms with E-state index >= 15 is 0 Å². The Morgan fingerprint density at radius 1 is 1.26 bits per heavy atom. The lowest BCUT2D eigenvalue weighted by Gasteiger charge is -2.33. The normalized spacial score (nSPS) is 17.1. The molecule has 6 nitrogen and oxygen atoms in total. The van der Waals surface area contributed by atoms with E-state index in [1.165, 1.54) is 11.1 Å². The zero-order valence-corrected chi connectivity index (χ0v) is 15.3. The third-order valence-corrected chi connectivity index (χ3v) is 5.22. The Morgan fingerprint density at radius 3 is 2.93 bits per heavy atom. The standard InChI is InChI=1S/C21H23N3O3/c1-14(24-9-8-15-4-2-3-5-17(15)12-24)11-22-21(26)16-6-7-18-19(10-16)27-13-20(25)23-18/h2-7,10,14H,8-9,11-13H2,1H3,(H,22,26)(H,23,25). The van der Waals surface area contributed by atoms with Crippen molar-refractivity contribution >= 4 is 17.5 Å². The molecule has 0 saturated heterocycles. The summed E-state index contributed by atoms with van der Waals surface area (Å²) < 4.78 is 5.38. The van der Waals surface area contributed by atoms with E-state index in [4.69, 9.17) is 4.74 Å². The molecule has 2 N–H and O–H groups in total. The molecule has 1 atom stereocenters. The number of hydrogen-bond donors (Lipinski definition) is 2. The molecule has 2 aliphatic heterocycles. The molecule has 2 aromatic rings. The summed E-state index contributed by atoms with van der Waals surface area (Å²) in [5.41, 5.74) is 3.92. The van der Waals surface area contributed by atoms with Gasteiger partial charge in [0.25, 0.3) is 11.8 Å². The van der Waals surface area contributed by atoms with Crippen LogP contribution in [0.5, 0.6) is 5.75 Å². The predicted molar refractivity (Wildman–Crippen MR) is 103 cm³/mol. The minimum Gasteiger partial charge on any atom is -0.482 e. The highest BCUT2D eigenvalue weighted by molar-refractivity contribution is 5.98. The van der Waals surface area contributed by atoms with E-state index in [9.17, 15) is 9.59 Å². The number of fused-ring (bicyclic) bond motifs is 2. The SMILES string of the molecule is CC(CNC(=O)c1ccc2c(c1)OCC(=O)N2)N1CCc2ccccc2C1. The molecule has 6 heteroatoms. The van der Waals surface area contributed by atoms with Gasteiger partial charge in [-0.25, -0.2) is 0 Å². The Kier molecular flexibility index (Phi) is 4.81. The molecular weight excluding hydrogens is 342 g/mol. The zero-order chi connectivity index (χ0) is 18.8. The number of anilines is 1. The summed E-state index contributed by atoms with van der Waals surface area (Å²) in [4.78, 5) is 26.2. The van der Waals surface area contributed by atoms with E-state index in [2.05, 4.69) is 46.7 Å². The number of ether oxygens (including phenoxy) is 1. The average molecular weight is 365 g/mol. The zero-order valence-electron chi connectivity index (χ0n) is 15.3. The summed E-state index contributed by atoms with van der Waals surface area (Å²) in [5, 5.41) is 5.74. The van der Waals surface area contributed by atoms with E-state index in [0.29, 0.717) is 23.5 Å². The van der Waals surface area contributed by atoms with Crippen molar-refractivity contribution in [2.75, 3.05) is 25.0 Å². The minimum atomic E-state index is -0.184. The number of nitrogens with zero attached hydrogens (tertiary/aromatic N) is 1. The number of nitrogens with one attached hydrogen (secondary N) is 2. The lowest BCUT2D eigenvalue weighted by molar-refractivity contribution is -0.118. The lowest BCUT2D eigenvalue weighted by atomic mass is 9.99. The molecule has 4 rings (SSSR count). The van der Waals surface area contributed by atoms with Crippen LogP contribution in [0, 0.1) is 0 Å². The Bertz CT molecular complexity index is 881. The first-order valence-corrected chi connectivity index (χ1v) is 9.26. The minimum absolute atomic E-state index is 0.0223. The number of benzene rings is 2. The summed E-state index contributed by atoms with van der Waals surface area (Å²) in [6.45, 7) is 4.61.